The van der Waals surface area contributed by atoms with Crippen molar-refractivity contribution in [1.82, 2.24) is 9.55 Å². The van der Waals surface area contributed by atoms with Crippen molar-refractivity contribution in [2.75, 3.05) is 5.73 Å². The van der Waals surface area contributed by atoms with Gasteiger partial charge >= 0.3 is 0 Å². The Morgan fingerprint density at radius 1 is 1.14 bits per heavy atom. The Morgan fingerprint density at radius 3 is 2.67 bits per heavy atom. The largest absolute Gasteiger partial charge is 0.399 e. The topological polar surface area (TPSA) is 43.8 Å². The molecule has 0 atom stereocenters. The molecular formula is C18H21N3. The number of anilines is 1. The van der Waals surface area contributed by atoms with Gasteiger partial charge in [-0.05, 0) is 42.7 Å². The van der Waals surface area contributed by atoms with Gasteiger partial charge in [0.05, 0.1) is 11.0 Å². The number of nitrogens with zero attached hydrogens (tertiary/aromatic N) is 2. The van der Waals surface area contributed by atoms with E-state index in [-0.39, 0.29) is 0 Å². The first-order valence-electron chi connectivity index (χ1n) is 7.37. The summed E-state index contributed by atoms with van der Waals surface area (Å²) in [4.78, 5) is 4.85. The van der Waals surface area contributed by atoms with Gasteiger partial charge in [0.1, 0.15) is 5.82 Å². The number of benzene rings is 2. The summed E-state index contributed by atoms with van der Waals surface area (Å²) in [5, 5.41) is 0. The molecule has 0 spiro atoms. The van der Waals surface area contributed by atoms with Gasteiger partial charge in [-0.2, -0.15) is 0 Å². The molecule has 3 heteroatoms. The van der Waals surface area contributed by atoms with Gasteiger partial charge in [0.2, 0.25) is 0 Å². The summed E-state index contributed by atoms with van der Waals surface area (Å²) in [7, 11) is 0. The molecule has 0 aliphatic heterocycles. The van der Waals surface area contributed by atoms with Gasteiger partial charge in [0, 0.05) is 17.8 Å². The molecule has 0 unspecified atom stereocenters. The van der Waals surface area contributed by atoms with Crippen LogP contribution in [0.5, 0.6) is 0 Å². The zero-order chi connectivity index (χ0) is 15.0. The summed E-state index contributed by atoms with van der Waals surface area (Å²) in [6, 6.07) is 14.4. The quantitative estimate of drug-likeness (QED) is 0.728. The van der Waals surface area contributed by atoms with Gasteiger partial charge in [-0.15, -0.1) is 0 Å². The molecule has 108 valence electrons. The summed E-state index contributed by atoms with van der Waals surface area (Å²) < 4.78 is 2.30. The Bertz CT molecular complexity index is 784. The molecule has 0 aliphatic carbocycles. The second-order valence-electron chi connectivity index (χ2n) is 6.06. The Labute approximate surface area is 125 Å². The highest BCUT2D eigenvalue weighted by Gasteiger charge is 2.13. The number of nitrogen functional groups attached to an aromatic ring is 1. The minimum atomic E-state index is 0.559. The van der Waals surface area contributed by atoms with E-state index in [0.29, 0.717) is 5.92 Å². The van der Waals surface area contributed by atoms with Crippen molar-refractivity contribution in [3.63, 3.8) is 0 Å². The minimum absolute atomic E-state index is 0.559. The zero-order valence-corrected chi connectivity index (χ0v) is 12.8. The summed E-state index contributed by atoms with van der Waals surface area (Å²) in [5.74, 6) is 1.56. The number of aromatic nitrogens is 2. The predicted molar refractivity (Wildman–Crippen MR) is 89.2 cm³/mol. The first kappa shape index (κ1) is 13.7. The molecule has 0 amide bonds. The smallest absolute Gasteiger partial charge is 0.141 e. The lowest BCUT2D eigenvalue weighted by molar-refractivity contribution is 0.536. The van der Waals surface area contributed by atoms with Crippen molar-refractivity contribution in [2.45, 2.75) is 27.3 Å². The Hall–Kier alpha value is -2.29. The molecular weight excluding hydrogens is 258 g/mol. The Kier molecular flexibility index (Phi) is 3.42. The van der Waals surface area contributed by atoms with E-state index >= 15 is 0 Å². The highest BCUT2D eigenvalue weighted by Crippen LogP contribution is 2.27. The average Bonchev–Trinajstić information content (AvgIpc) is 2.76. The van der Waals surface area contributed by atoms with Crippen LogP contribution in [-0.4, -0.2) is 9.55 Å². The van der Waals surface area contributed by atoms with E-state index in [4.69, 9.17) is 10.7 Å². The fourth-order valence-electron chi connectivity index (χ4n) is 2.69. The van der Waals surface area contributed by atoms with Crippen molar-refractivity contribution in [3.8, 4) is 11.4 Å². The molecule has 1 aromatic heterocycles. The number of rotatable bonds is 3. The predicted octanol–water partition coefficient (Wildman–Crippen LogP) is 4.25. The highest BCUT2D eigenvalue weighted by atomic mass is 15.1. The van der Waals surface area contributed by atoms with E-state index in [9.17, 15) is 0 Å². The second-order valence-corrected chi connectivity index (χ2v) is 6.06. The van der Waals surface area contributed by atoms with E-state index in [0.717, 1.165) is 29.1 Å². The number of aryl methyl sites for hydroxylation is 1. The van der Waals surface area contributed by atoms with Crippen molar-refractivity contribution >= 4 is 16.7 Å². The molecule has 2 N–H and O–H groups in total. The normalized spacial score (nSPS) is 11.4. The second kappa shape index (κ2) is 5.24. The molecule has 0 fully saturated rings. The van der Waals surface area contributed by atoms with Crippen LogP contribution in [0, 0.1) is 12.8 Å². The first-order valence-corrected chi connectivity index (χ1v) is 7.37. The van der Waals surface area contributed by atoms with Gasteiger partial charge in [0.25, 0.3) is 0 Å². The Morgan fingerprint density at radius 2 is 1.95 bits per heavy atom. The minimum Gasteiger partial charge on any atom is -0.399 e. The highest BCUT2D eigenvalue weighted by molar-refractivity contribution is 5.81. The van der Waals surface area contributed by atoms with Crippen LogP contribution in [-0.2, 0) is 6.54 Å². The number of hydrogen-bond acceptors (Lipinski definition) is 2. The third-order valence-electron chi connectivity index (χ3n) is 3.60. The van der Waals surface area contributed by atoms with Gasteiger partial charge in [-0.25, -0.2) is 4.98 Å². The van der Waals surface area contributed by atoms with Crippen molar-refractivity contribution in [2.24, 2.45) is 5.92 Å². The van der Waals surface area contributed by atoms with E-state index in [1.807, 2.05) is 18.2 Å². The standard InChI is InChI=1S/C18H21N3/c1-12(2)11-21-17-8-7-13(3)9-16(17)20-18(21)14-5-4-6-15(19)10-14/h4-10,12H,11,19H2,1-3H3. The molecule has 0 radical (unpaired) electrons. The SMILES string of the molecule is Cc1ccc2c(c1)nc(-c1cccc(N)c1)n2CC(C)C. The number of hydrogen-bond donors (Lipinski definition) is 1. The van der Waals surface area contributed by atoms with Crippen molar-refractivity contribution < 1.29 is 0 Å². The van der Waals surface area contributed by atoms with Gasteiger partial charge in [-0.1, -0.05) is 32.0 Å². The summed E-state index contributed by atoms with van der Waals surface area (Å²) in [6.07, 6.45) is 0. The molecule has 3 rings (SSSR count). The van der Waals surface area contributed by atoms with Gasteiger partial charge < -0.3 is 10.3 Å². The van der Waals surface area contributed by atoms with Crippen LogP contribution in [0.4, 0.5) is 5.69 Å². The molecule has 3 aromatic rings. The number of imidazole rings is 1. The summed E-state index contributed by atoms with van der Waals surface area (Å²) in [6.45, 7) is 7.50. The molecule has 2 aromatic carbocycles. The maximum Gasteiger partial charge on any atom is 0.141 e. The van der Waals surface area contributed by atoms with Crippen molar-refractivity contribution in [3.05, 3.63) is 48.0 Å². The van der Waals surface area contributed by atoms with E-state index in [1.165, 1.54) is 11.1 Å². The number of nitrogens with two attached hydrogens (primary N) is 1. The van der Waals surface area contributed by atoms with Gasteiger partial charge in [0.15, 0.2) is 0 Å². The molecule has 0 aliphatic rings. The maximum atomic E-state index is 5.93. The fourth-order valence-corrected chi connectivity index (χ4v) is 2.69. The van der Waals surface area contributed by atoms with Crippen LogP contribution in [0.25, 0.3) is 22.4 Å². The van der Waals surface area contributed by atoms with Crippen LogP contribution in [0.2, 0.25) is 0 Å². The average molecular weight is 279 g/mol. The molecule has 1 heterocycles. The zero-order valence-electron chi connectivity index (χ0n) is 12.8. The van der Waals surface area contributed by atoms with E-state index in [2.05, 4.69) is 49.6 Å². The third-order valence-corrected chi connectivity index (χ3v) is 3.60. The molecule has 0 bridgehead atoms. The molecule has 0 saturated heterocycles. The van der Waals surface area contributed by atoms with Crippen LogP contribution < -0.4 is 5.73 Å². The Balaban J connectivity index is 2.25. The molecule has 21 heavy (non-hydrogen) atoms. The lowest BCUT2D eigenvalue weighted by atomic mass is 10.1. The van der Waals surface area contributed by atoms with E-state index in [1.54, 1.807) is 0 Å². The van der Waals surface area contributed by atoms with Crippen LogP contribution in [0.15, 0.2) is 42.5 Å². The molecule has 0 saturated carbocycles. The van der Waals surface area contributed by atoms with Crippen LogP contribution in [0.1, 0.15) is 19.4 Å². The van der Waals surface area contributed by atoms with Crippen LogP contribution >= 0.6 is 0 Å². The van der Waals surface area contributed by atoms with Crippen LogP contribution in [0.3, 0.4) is 0 Å². The van der Waals surface area contributed by atoms with E-state index < -0.39 is 0 Å². The fraction of sp³-hybridized carbons (Fsp3) is 0.278. The monoisotopic (exact) mass is 279 g/mol. The van der Waals surface area contributed by atoms with Gasteiger partial charge in [-0.3, -0.25) is 0 Å². The maximum absolute atomic E-state index is 5.93. The third kappa shape index (κ3) is 2.64. The molecule has 3 nitrogen and oxygen atoms in total. The lowest BCUT2D eigenvalue weighted by Crippen LogP contribution is -2.06. The number of fused-ring (bicyclic) bond motifs is 1. The summed E-state index contributed by atoms with van der Waals surface area (Å²) in [5.41, 5.74) is 11.2. The van der Waals surface area contributed by atoms with Crippen molar-refractivity contribution in [1.29, 1.82) is 0 Å². The summed E-state index contributed by atoms with van der Waals surface area (Å²) >= 11 is 0. The first-order chi connectivity index (χ1) is 10.0. The lowest BCUT2D eigenvalue weighted by Gasteiger charge is -2.12.